The van der Waals surface area contributed by atoms with Crippen molar-refractivity contribution in [2.75, 3.05) is 33.8 Å². The Morgan fingerprint density at radius 2 is 1.88 bits per heavy atom. The van der Waals surface area contributed by atoms with Crippen LogP contribution in [0.1, 0.15) is 41.1 Å². The fourth-order valence-corrected chi connectivity index (χ4v) is 4.34. The van der Waals surface area contributed by atoms with Gasteiger partial charge in [-0.05, 0) is 76.8 Å². The number of aliphatic hydroxyl groups excluding tert-OH is 1. The van der Waals surface area contributed by atoms with Crippen LogP contribution in [0.5, 0.6) is 5.75 Å². The van der Waals surface area contributed by atoms with Crippen LogP contribution >= 0.6 is 0 Å². The summed E-state index contributed by atoms with van der Waals surface area (Å²) in [5, 5.41) is 11.6. The number of furan rings is 1. The lowest BCUT2D eigenvalue weighted by Crippen LogP contribution is -2.33. The Kier molecular flexibility index (Phi) is 6.75. The fraction of sp³-hybridized carbons (Fsp3) is 0.333. The Morgan fingerprint density at radius 3 is 2.56 bits per heavy atom. The van der Waals surface area contributed by atoms with Gasteiger partial charge in [0, 0.05) is 11.9 Å². The molecule has 1 aliphatic heterocycles. The number of fused-ring (bicyclic) bond motifs is 1. The molecule has 178 valence electrons. The Morgan fingerprint density at radius 1 is 1.15 bits per heavy atom. The summed E-state index contributed by atoms with van der Waals surface area (Å²) in [6, 6.07) is 13.9. The number of benzene rings is 2. The van der Waals surface area contributed by atoms with Gasteiger partial charge in [-0.15, -0.1) is 0 Å². The number of ether oxygens (including phenoxy) is 1. The highest BCUT2D eigenvalue weighted by Crippen LogP contribution is 2.40. The molecule has 0 aliphatic carbocycles. The van der Waals surface area contributed by atoms with Crippen molar-refractivity contribution < 1.29 is 23.8 Å². The minimum atomic E-state index is -0.715. The Hall–Kier alpha value is -3.58. The summed E-state index contributed by atoms with van der Waals surface area (Å²) in [7, 11) is 3.92. The molecule has 1 unspecified atom stereocenters. The van der Waals surface area contributed by atoms with Crippen molar-refractivity contribution in [3.63, 3.8) is 0 Å². The summed E-state index contributed by atoms with van der Waals surface area (Å²) in [5.41, 5.74) is 2.39. The van der Waals surface area contributed by atoms with Gasteiger partial charge in [0.05, 0.1) is 18.2 Å². The van der Waals surface area contributed by atoms with Gasteiger partial charge in [0.1, 0.15) is 11.3 Å². The Bertz CT molecular complexity index is 1240. The van der Waals surface area contributed by atoms with Crippen LogP contribution in [-0.2, 0) is 4.79 Å². The lowest BCUT2D eigenvalue weighted by Gasteiger charge is -2.27. The molecule has 1 aliphatic rings. The van der Waals surface area contributed by atoms with E-state index in [-0.39, 0.29) is 11.3 Å². The van der Waals surface area contributed by atoms with Gasteiger partial charge in [0.15, 0.2) is 11.5 Å². The monoisotopic (exact) mass is 462 g/mol. The van der Waals surface area contributed by atoms with Gasteiger partial charge in [-0.25, -0.2) is 0 Å². The van der Waals surface area contributed by atoms with Gasteiger partial charge in [0.2, 0.25) is 5.78 Å². The van der Waals surface area contributed by atoms with E-state index in [9.17, 15) is 14.7 Å². The van der Waals surface area contributed by atoms with Gasteiger partial charge in [-0.1, -0.05) is 23.8 Å². The Balaban J connectivity index is 1.73. The highest BCUT2D eigenvalue weighted by atomic mass is 16.5. The number of carbonyl (C=O) groups excluding carboxylic acids is 2. The summed E-state index contributed by atoms with van der Waals surface area (Å²) in [6.45, 7) is 5.57. The number of ketones is 1. The predicted molar refractivity (Wildman–Crippen MR) is 130 cm³/mol. The summed E-state index contributed by atoms with van der Waals surface area (Å²) < 4.78 is 11.4. The maximum absolute atomic E-state index is 13.6. The van der Waals surface area contributed by atoms with E-state index < -0.39 is 23.5 Å². The third-order valence-electron chi connectivity index (χ3n) is 5.96. The van der Waals surface area contributed by atoms with Gasteiger partial charge in [-0.2, -0.15) is 0 Å². The van der Waals surface area contributed by atoms with Gasteiger partial charge < -0.3 is 24.1 Å². The molecule has 34 heavy (non-hydrogen) atoms. The van der Waals surface area contributed by atoms with E-state index in [0.717, 1.165) is 23.1 Å². The van der Waals surface area contributed by atoms with E-state index in [1.165, 1.54) is 0 Å². The van der Waals surface area contributed by atoms with Crippen molar-refractivity contribution >= 4 is 22.7 Å². The van der Waals surface area contributed by atoms with Crippen LogP contribution in [-0.4, -0.2) is 60.4 Å². The highest BCUT2D eigenvalue weighted by Gasteiger charge is 2.44. The van der Waals surface area contributed by atoms with Crippen LogP contribution in [0.15, 0.2) is 64.3 Å². The largest absolute Gasteiger partial charge is 0.503 e. The average Bonchev–Trinajstić information content (AvgIpc) is 3.33. The van der Waals surface area contributed by atoms with Crippen LogP contribution in [0.2, 0.25) is 0 Å². The van der Waals surface area contributed by atoms with E-state index in [0.29, 0.717) is 30.9 Å². The standard InChI is InChI=1S/C27H30N2O5/c1-5-33-20-10-8-18(9-11-20)24-23(26(31)27(32)29(24)14-6-13-28(3)4)25(30)22-16-19-15-17(2)7-12-21(19)34-22/h7-12,15-16,24,31H,5-6,13-14H2,1-4H3. The first-order valence-electron chi connectivity index (χ1n) is 11.5. The fourth-order valence-electron chi connectivity index (χ4n) is 4.34. The molecular weight excluding hydrogens is 432 g/mol. The molecule has 0 spiro atoms. The molecule has 0 radical (unpaired) electrons. The van der Waals surface area contributed by atoms with Gasteiger partial charge in [0.25, 0.3) is 5.91 Å². The first kappa shape index (κ1) is 23.6. The number of hydrogen-bond donors (Lipinski definition) is 1. The molecule has 0 fully saturated rings. The molecule has 0 bridgehead atoms. The molecule has 3 aromatic rings. The second-order valence-corrected chi connectivity index (χ2v) is 8.80. The Labute approximate surface area is 199 Å². The zero-order valence-corrected chi connectivity index (χ0v) is 20.0. The molecule has 7 heteroatoms. The van der Waals surface area contributed by atoms with E-state index in [1.807, 2.05) is 75.3 Å². The van der Waals surface area contributed by atoms with E-state index in [2.05, 4.69) is 0 Å². The third kappa shape index (κ3) is 4.56. The highest BCUT2D eigenvalue weighted by molar-refractivity contribution is 6.16. The SMILES string of the molecule is CCOc1ccc(C2C(C(=O)c3cc4cc(C)ccc4o3)=C(O)C(=O)N2CCCN(C)C)cc1. The first-order valence-corrected chi connectivity index (χ1v) is 11.5. The minimum Gasteiger partial charge on any atom is -0.503 e. The minimum absolute atomic E-state index is 0.0368. The number of aryl methyl sites for hydroxylation is 1. The maximum Gasteiger partial charge on any atom is 0.290 e. The number of amides is 1. The van der Waals surface area contributed by atoms with Crippen molar-refractivity contribution in [3.8, 4) is 5.75 Å². The second kappa shape index (κ2) is 9.73. The van der Waals surface area contributed by atoms with Crippen molar-refractivity contribution in [2.45, 2.75) is 26.3 Å². The van der Waals surface area contributed by atoms with Crippen LogP contribution in [0, 0.1) is 6.92 Å². The number of rotatable bonds is 9. The predicted octanol–water partition coefficient (Wildman–Crippen LogP) is 4.67. The lowest BCUT2D eigenvalue weighted by atomic mass is 9.95. The molecule has 7 nitrogen and oxygen atoms in total. The molecule has 1 amide bonds. The lowest BCUT2D eigenvalue weighted by molar-refractivity contribution is -0.129. The molecule has 1 N–H and O–H groups in total. The maximum atomic E-state index is 13.6. The molecule has 1 atom stereocenters. The zero-order chi connectivity index (χ0) is 24.4. The van der Waals surface area contributed by atoms with E-state index in [1.54, 1.807) is 11.0 Å². The average molecular weight is 463 g/mol. The molecule has 0 saturated heterocycles. The summed E-state index contributed by atoms with van der Waals surface area (Å²) in [6.07, 6.45) is 0.699. The van der Waals surface area contributed by atoms with Crippen molar-refractivity contribution in [1.29, 1.82) is 0 Å². The van der Waals surface area contributed by atoms with Crippen molar-refractivity contribution in [3.05, 3.63) is 76.8 Å². The summed E-state index contributed by atoms with van der Waals surface area (Å²) in [4.78, 5) is 30.3. The molecule has 0 saturated carbocycles. The number of Topliss-reactive ketones (excluding diaryl/α,β-unsaturated/α-hetero) is 1. The van der Waals surface area contributed by atoms with Crippen molar-refractivity contribution in [2.24, 2.45) is 0 Å². The zero-order valence-electron chi connectivity index (χ0n) is 20.0. The summed E-state index contributed by atoms with van der Waals surface area (Å²) in [5.74, 6) is -0.767. The molecular formula is C27H30N2O5. The van der Waals surface area contributed by atoms with Crippen LogP contribution in [0.4, 0.5) is 0 Å². The number of hydrogen-bond acceptors (Lipinski definition) is 6. The molecule has 2 heterocycles. The number of nitrogens with zero attached hydrogens (tertiary/aromatic N) is 2. The topological polar surface area (TPSA) is 83.2 Å². The van der Waals surface area contributed by atoms with Crippen LogP contribution in [0.25, 0.3) is 11.0 Å². The second-order valence-electron chi connectivity index (χ2n) is 8.80. The van der Waals surface area contributed by atoms with Gasteiger partial charge in [-0.3, -0.25) is 9.59 Å². The molecule has 1 aromatic heterocycles. The normalized spacial score (nSPS) is 16.2. The molecule has 2 aromatic carbocycles. The van der Waals surface area contributed by atoms with Crippen LogP contribution < -0.4 is 4.74 Å². The van der Waals surface area contributed by atoms with Crippen LogP contribution in [0.3, 0.4) is 0 Å². The first-order chi connectivity index (χ1) is 16.3. The van der Waals surface area contributed by atoms with E-state index >= 15 is 0 Å². The molecule has 4 rings (SSSR count). The van der Waals surface area contributed by atoms with Gasteiger partial charge >= 0.3 is 0 Å². The van der Waals surface area contributed by atoms with E-state index in [4.69, 9.17) is 9.15 Å². The summed E-state index contributed by atoms with van der Waals surface area (Å²) >= 11 is 0. The third-order valence-corrected chi connectivity index (χ3v) is 5.96. The number of aliphatic hydroxyl groups is 1. The quantitative estimate of drug-likeness (QED) is 0.465. The number of carbonyl (C=O) groups is 2. The smallest absolute Gasteiger partial charge is 0.290 e. The van der Waals surface area contributed by atoms with Crippen molar-refractivity contribution in [1.82, 2.24) is 9.80 Å².